The molecule has 0 saturated carbocycles. The van der Waals surface area contributed by atoms with Gasteiger partial charge in [0.15, 0.2) is 6.10 Å². The molecule has 2 rings (SSSR count). The number of nitrogens with one attached hydrogen (secondary N) is 2. The fraction of sp³-hybridized carbons (Fsp3) is 0.391. The molecule has 0 saturated heterocycles. The first-order valence-corrected chi connectivity index (χ1v) is 10.0. The lowest BCUT2D eigenvalue weighted by atomic mass is 10.1. The number of anilines is 1. The van der Waals surface area contributed by atoms with Gasteiger partial charge in [-0.15, -0.1) is 0 Å². The zero-order valence-corrected chi connectivity index (χ0v) is 17.0. The van der Waals surface area contributed by atoms with E-state index in [9.17, 15) is 9.59 Å². The van der Waals surface area contributed by atoms with Crippen molar-refractivity contribution in [3.8, 4) is 5.75 Å². The van der Waals surface area contributed by atoms with E-state index in [0.29, 0.717) is 30.0 Å². The highest BCUT2D eigenvalue weighted by atomic mass is 16.5. The predicted molar refractivity (Wildman–Crippen MR) is 113 cm³/mol. The van der Waals surface area contributed by atoms with Gasteiger partial charge in [-0.2, -0.15) is 0 Å². The van der Waals surface area contributed by atoms with Gasteiger partial charge < -0.3 is 15.4 Å². The van der Waals surface area contributed by atoms with Crippen LogP contribution in [0.5, 0.6) is 5.75 Å². The Bertz CT molecular complexity index is 772. The number of carbonyl (C=O) groups excluding carboxylic acids is 2. The highest BCUT2D eigenvalue weighted by molar-refractivity contribution is 6.04. The summed E-state index contributed by atoms with van der Waals surface area (Å²) < 4.78 is 5.86. The van der Waals surface area contributed by atoms with E-state index in [1.165, 1.54) is 5.56 Å². The van der Waals surface area contributed by atoms with Gasteiger partial charge in [0, 0.05) is 6.54 Å². The first kappa shape index (κ1) is 21.5. The summed E-state index contributed by atoms with van der Waals surface area (Å²) in [5.74, 6) is 0.203. The number of rotatable bonds is 10. The largest absolute Gasteiger partial charge is 0.481 e. The molecule has 150 valence electrons. The maximum Gasteiger partial charge on any atom is 0.265 e. The summed E-state index contributed by atoms with van der Waals surface area (Å²) in [4.78, 5) is 25.2. The molecule has 0 aliphatic heterocycles. The highest BCUT2D eigenvalue weighted by Crippen LogP contribution is 2.19. The van der Waals surface area contributed by atoms with Gasteiger partial charge in [0.25, 0.3) is 11.8 Å². The lowest BCUT2D eigenvalue weighted by Crippen LogP contribution is -2.33. The van der Waals surface area contributed by atoms with E-state index in [2.05, 4.69) is 24.5 Å². The second-order valence-corrected chi connectivity index (χ2v) is 6.66. The van der Waals surface area contributed by atoms with Gasteiger partial charge in [-0.05, 0) is 49.1 Å². The standard InChI is InChI=1S/C23H30N2O3/c1-4-7-16-24-22(26)19-10-8-9-11-20(19)25-23(27)21(6-3)28-18-14-12-17(5-2)13-15-18/h8-15,21H,4-7,16H2,1-3H3,(H,24,26)(H,25,27)/t21-/m0/s1. The molecule has 0 spiro atoms. The van der Waals surface area contributed by atoms with Gasteiger partial charge >= 0.3 is 0 Å². The topological polar surface area (TPSA) is 67.4 Å². The maximum atomic E-state index is 12.7. The Morgan fingerprint density at radius 2 is 1.71 bits per heavy atom. The van der Waals surface area contributed by atoms with Gasteiger partial charge in [0.05, 0.1) is 11.3 Å². The molecule has 5 nitrogen and oxygen atoms in total. The molecular formula is C23H30N2O3. The lowest BCUT2D eigenvalue weighted by Gasteiger charge is -2.18. The fourth-order valence-electron chi connectivity index (χ4n) is 2.77. The van der Waals surface area contributed by atoms with Gasteiger partial charge in [-0.3, -0.25) is 9.59 Å². The molecule has 5 heteroatoms. The smallest absolute Gasteiger partial charge is 0.265 e. The number of hydrogen-bond donors (Lipinski definition) is 2. The Morgan fingerprint density at radius 1 is 1.00 bits per heavy atom. The number of aryl methyl sites for hydroxylation is 1. The first-order valence-electron chi connectivity index (χ1n) is 10.0. The minimum atomic E-state index is -0.635. The van der Waals surface area contributed by atoms with Crippen molar-refractivity contribution < 1.29 is 14.3 Å². The average Bonchev–Trinajstić information content (AvgIpc) is 2.72. The zero-order valence-electron chi connectivity index (χ0n) is 17.0. The van der Waals surface area contributed by atoms with Crippen LogP contribution in [0.3, 0.4) is 0 Å². The SMILES string of the molecule is CCCCNC(=O)c1ccccc1NC(=O)[C@H](CC)Oc1ccc(CC)cc1. The Kier molecular flexibility index (Phi) is 8.53. The van der Waals surface area contributed by atoms with Crippen molar-refractivity contribution in [1.82, 2.24) is 5.32 Å². The van der Waals surface area contributed by atoms with E-state index in [0.717, 1.165) is 19.3 Å². The third kappa shape index (κ3) is 6.12. The van der Waals surface area contributed by atoms with Crippen molar-refractivity contribution in [2.24, 2.45) is 0 Å². The van der Waals surface area contributed by atoms with E-state index in [1.54, 1.807) is 24.3 Å². The van der Waals surface area contributed by atoms with Crippen LogP contribution in [0, 0.1) is 0 Å². The summed E-state index contributed by atoms with van der Waals surface area (Å²) in [7, 11) is 0. The van der Waals surface area contributed by atoms with E-state index in [-0.39, 0.29) is 11.8 Å². The molecule has 0 aliphatic rings. The summed E-state index contributed by atoms with van der Waals surface area (Å²) in [6.45, 7) is 6.68. The highest BCUT2D eigenvalue weighted by Gasteiger charge is 2.21. The van der Waals surface area contributed by atoms with E-state index in [1.807, 2.05) is 31.2 Å². The first-order chi connectivity index (χ1) is 13.6. The average molecular weight is 383 g/mol. The molecule has 0 bridgehead atoms. The molecule has 2 aromatic rings. The monoisotopic (exact) mass is 382 g/mol. The number of para-hydroxylation sites is 1. The zero-order chi connectivity index (χ0) is 20.4. The van der Waals surface area contributed by atoms with Crippen LogP contribution >= 0.6 is 0 Å². The molecule has 0 aliphatic carbocycles. The number of benzene rings is 2. The van der Waals surface area contributed by atoms with Gasteiger partial charge in [0.1, 0.15) is 5.75 Å². The molecule has 1 atom stereocenters. The van der Waals surface area contributed by atoms with Crippen molar-refractivity contribution in [2.45, 2.75) is 52.6 Å². The van der Waals surface area contributed by atoms with Crippen LogP contribution in [0.4, 0.5) is 5.69 Å². The van der Waals surface area contributed by atoms with Crippen LogP contribution in [0.1, 0.15) is 56.0 Å². The van der Waals surface area contributed by atoms with Crippen LogP contribution in [-0.4, -0.2) is 24.5 Å². The summed E-state index contributed by atoms with van der Waals surface area (Å²) >= 11 is 0. The Labute approximate surface area is 167 Å². The minimum absolute atomic E-state index is 0.187. The van der Waals surface area contributed by atoms with Crippen LogP contribution < -0.4 is 15.4 Å². The second-order valence-electron chi connectivity index (χ2n) is 6.66. The predicted octanol–water partition coefficient (Wildman–Crippen LogP) is 4.58. The quantitative estimate of drug-likeness (QED) is 0.591. The van der Waals surface area contributed by atoms with Crippen molar-refractivity contribution in [2.75, 3.05) is 11.9 Å². The molecule has 2 N–H and O–H groups in total. The molecule has 0 heterocycles. The molecule has 2 aromatic carbocycles. The maximum absolute atomic E-state index is 12.7. The molecule has 28 heavy (non-hydrogen) atoms. The van der Waals surface area contributed by atoms with E-state index < -0.39 is 6.10 Å². The number of ether oxygens (including phenoxy) is 1. The minimum Gasteiger partial charge on any atom is -0.481 e. The van der Waals surface area contributed by atoms with Crippen molar-refractivity contribution in [3.63, 3.8) is 0 Å². The number of unbranched alkanes of at least 4 members (excludes halogenated alkanes) is 1. The third-order valence-electron chi connectivity index (χ3n) is 4.52. The summed E-state index contributed by atoms with van der Waals surface area (Å²) in [6, 6.07) is 14.8. The lowest BCUT2D eigenvalue weighted by molar-refractivity contribution is -0.122. The van der Waals surface area contributed by atoms with Crippen molar-refractivity contribution in [1.29, 1.82) is 0 Å². The molecule has 0 unspecified atom stereocenters. The number of amides is 2. The van der Waals surface area contributed by atoms with Gasteiger partial charge in [0.2, 0.25) is 0 Å². The Morgan fingerprint density at radius 3 is 2.36 bits per heavy atom. The summed E-state index contributed by atoms with van der Waals surface area (Å²) in [6.07, 6.45) is 2.76. The molecule has 0 aromatic heterocycles. The van der Waals surface area contributed by atoms with Gasteiger partial charge in [-0.25, -0.2) is 0 Å². The van der Waals surface area contributed by atoms with Crippen molar-refractivity contribution in [3.05, 3.63) is 59.7 Å². The van der Waals surface area contributed by atoms with Crippen LogP contribution in [-0.2, 0) is 11.2 Å². The normalized spacial score (nSPS) is 11.5. The van der Waals surface area contributed by atoms with Gasteiger partial charge in [-0.1, -0.05) is 51.5 Å². The Balaban J connectivity index is 2.06. The fourth-order valence-corrected chi connectivity index (χ4v) is 2.77. The molecular weight excluding hydrogens is 352 g/mol. The second kappa shape index (κ2) is 11.1. The molecule has 0 fully saturated rings. The molecule has 2 amide bonds. The summed E-state index contributed by atoms with van der Waals surface area (Å²) in [5.41, 5.74) is 2.16. The third-order valence-corrected chi connectivity index (χ3v) is 4.52. The van der Waals surface area contributed by atoms with Crippen LogP contribution in [0.15, 0.2) is 48.5 Å². The summed E-state index contributed by atoms with van der Waals surface area (Å²) in [5, 5.41) is 5.74. The molecule has 0 radical (unpaired) electrons. The number of hydrogen-bond acceptors (Lipinski definition) is 3. The van der Waals surface area contributed by atoms with Crippen molar-refractivity contribution >= 4 is 17.5 Å². The van der Waals surface area contributed by atoms with Crippen LogP contribution in [0.2, 0.25) is 0 Å². The van der Waals surface area contributed by atoms with E-state index in [4.69, 9.17) is 4.74 Å². The van der Waals surface area contributed by atoms with E-state index >= 15 is 0 Å². The number of carbonyl (C=O) groups is 2. The Hall–Kier alpha value is -2.82. The van der Waals surface area contributed by atoms with Crippen LogP contribution in [0.25, 0.3) is 0 Å².